The molecule has 6 nitrogen and oxygen atoms in total. The third-order valence-corrected chi connectivity index (χ3v) is 4.09. The van der Waals surface area contributed by atoms with Crippen molar-refractivity contribution in [3.8, 4) is 5.75 Å². The van der Waals surface area contributed by atoms with Crippen LogP contribution >= 0.6 is 11.6 Å². The molecule has 0 saturated carbocycles. The Bertz CT molecular complexity index is 916. The molecular weight excluding hydrogens is 364 g/mol. The lowest BCUT2D eigenvalue weighted by Crippen LogP contribution is -2.14. The summed E-state index contributed by atoms with van der Waals surface area (Å²) in [6.45, 7) is 0.660. The highest BCUT2D eigenvalue weighted by atomic mass is 35.5. The third kappa shape index (κ3) is 5.18. The van der Waals surface area contributed by atoms with Crippen LogP contribution in [0.2, 0.25) is 5.02 Å². The number of rotatable bonds is 7. The Morgan fingerprint density at radius 1 is 1.11 bits per heavy atom. The molecule has 0 aliphatic rings. The van der Waals surface area contributed by atoms with E-state index in [1.165, 1.54) is 12.4 Å². The number of amides is 1. The quantitative estimate of drug-likeness (QED) is 0.644. The molecule has 0 bridgehead atoms. The number of carbonyl (C=O) groups excluding carboxylic acids is 1. The standard InChI is InChI=1S/C20H19ClN4O2/c1-27-18-8-3-2-7-17(18)25-19(26)15-12-23-20(24-13-15)22-10-9-14-5-4-6-16(21)11-14/h2-8,11-13H,9-10H2,1H3,(H,25,26)(H,22,23,24). The van der Waals surface area contributed by atoms with Gasteiger partial charge in [0.05, 0.1) is 18.4 Å². The zero-order valence-corrected chi connectivity index (χ0v) is 15.5. The molecule has 0 aliphatic heterocycles. The molecule has 0 aliphatic carbocycles. The molecule has 0 radical (unpaired) electrons. The lowest BCUT2D eigenvalue weighted by molar-refractivity contribution is 0.102. The molecule has 3 aromatic rings. The van der Waals surface area contributed by atoms with Crippen molar-refractivity contribution in [3.63, 3.8) is 0 Å². The van der Waals surface area contributed by atoms with Gasteiger partial charge in [0.1, 0.15) is 5.75 Å². The summed E-state index contributed by atoms with van der Waals surface area (Å²) in [6.07, 6.45) is 3.76. The van der Waals surface area contributed by atoms with Crippen LogP contribution in [0.15, 0.2) is 60.9 Å². The van der Waals surface area contributed by atoms with Crippen molar-refractivity contribution in [2.45, 2.75) is 6.42 Å². The Morgan fingerprint density at radius 2 is 1.89 bits per heavy atom. The molecule has 1 amide bonds. The number of nitrogens with zero attached hydrogens (tertiary/aromatic N) is 2. The van der Waals surface area contributed by atoms with Gasteiger partial charge in [-0.2, -0.15) is 0 Å². The maximum Gasteiger partial charge on any atom is 0.258 e. The minimum absolute atomic E-state index is 0.301. The van der Waals surface area contributed by atoms with E-state index >= 15 is 0 Å². The number of hydrogen-bond donors (Lipinski definition) is 2. The van der Waals surface area contributed by atoms with Crippen LogP contribution < -0.4 is 15.4 Å². The third-order valence-electron chi connectivity index (χ3n) is 3.86. The maximum atomic E-state index is 12.3. The van der Waals surface area contributed by atoms with Crippen LogP contribution in [-0.2, 0) is 6.42 Å². The van der Waals surface area contributed by atoms with Gasteiger partial charge in [-0.1, -0.05) is 35.9 Å². The summed E-state index contributed by atoms with van der Waals surface area (Å²) in [5.41, 5.74) is 2.08. The van der Waals surface area contributed by atoms with E-state index in [4.69, 9.17) is 16.3 Å². The molecule has 27 heavy (non-hydrogen) atoms. The molecular formula is C20H19ClN4O2. The van der Waals surface area contributed by atoms with E-state index in [-0.39, 0.29) is 5.91 Å². The number of hydrogen-bond acceptors (Lipinski definition) is 5. The summed E-state index contributed by atoms with van der Waals surface area (Å²) in [5, 5.41) is 6.64. The van der Waals surface area contributed by atoms with Crippen LogP contribution in [0, 0.1) is 0 Å². The van der Waals surface area contributed by atoms with E-state index in [1.54, 1.807) is 19.2 Å². The van der Waals surface area contributed by atoms with Gasteiger partial charge >= 0.3 is 0 Å². The number of methoxy groups -OCH3 is 1. The Balaban J connectivity index is 1.55. The molecule has 0 unspecified atom stereocenters. The van der Waals surface area contributed by atoms with Gasteiger partial charge in [0, 0.05) is 24.0 Å². The zero-order chi connectivity index (χ0) is 19.1. The Labute approximate surface area is 162 Å². The van der Waals surface area contributed by atoms with Gasteiger partial charge in [0.25, 0.3) is 5.91 Å². The number of halogens is 1. The average Bonchev–Trinajstić information content (AvgIpc) is 2.69. The van der Waals surface area contributed by atoms with Crippen molar-refractivity contribution in [1.29, 1.82) is 0 Å². The SMILES string of the molecule is COc1ccccc1NC(=O)c1cnc(NCCc2cccc(Cl)c2)nc1. The summed E-state index contributed by atoms with van der Waals surface area (Å²) in [6, 6.07) is 14.9. The van der Waals surface area contributed by atoms with Crippen LogP contribution in [0.25, 0.3) is 0 Å². The van der Waals surface area contributed by atoms with Gasteiger partial charge in [-0.05, 0) is 36.2 Å². The van der Waals surface area contributed by atoms with Crippen molar-refractivity contribution in [1.82, 2.24) is 9.97 Å². The Hall–Kier alpha value is -3.12. The lowest BCUT2D eigenvalue weighted by Gasteiger charge is -2.10. The van der Waals surface area contributed by atoms with E-state index in [0.717, 1.165) is 12.0 Å². The van der Waals surface area contributed by atoms with Gasteiger partial charge < -0.3 is 15.4 Å². The molecule has 1 aromatic heterocycles. The highest BCUT2D eigenvalue weighted by Crippen LogP contribution is 2.23. The molecule has 2 aromatic carbocycles. The zero-order valence-electron chi connectivity index (χ0n) is 14.8. The Morgan fingerprint density at radius 3 is 2.63 bits per heavy atom. The van der Waals surface area contributed by atoms with Gasteiger partial charge in [-0.15, -0.1) is 0 Å². The second-order valence-electron chi connectivity index (χ2n) is 5.76. The second kappa shape index (κ2) is 9.00. The van der Waals surface area contributed by atoms with Crippen LogP contribution in [-0.4, -0.2) is 29.5 Å². The molecule has 0 spiro atoms. The molecule has 0 atom stereocenters. The first-order chi connectivity index (χ1) is 13.2. The van der Waals surface area contributed by atoms with Crippen LogP contribution in [0.3, 0.4) is 0 Å². The van der Waals surface area contributed by atoms with E-state index in [9.17, 15) is 4.79 Å². The number of aromatic nitrogens is 2. The van der Waals surface area contributed by atoms with E-state index in [0.29, 0.717) is 34.5 Å². The molecule has 7 heteroatoms. The van der Waals surface area contributed by atoms with E-state index in [1.807, 2.05) is 36.4 Å². The van der Waals surface area contributed by atoms with Gasteiger partial charge in [0.15, 0.2) is 0 Å². The molecule has 2 N–H and O–H groups in total. The van der Waals surface area contributed by atoms with Crippen LogP contribution in [0.1, 0.15) is 15.9 Å². The minimum Gasteiger partial charge on any atom is -0.495 e. The fourth-order valence-corrected chi connectivity index (χ4v) is 2.70. The predicted octanol–water partition coefficient (Wildman–Crippen LogP) is 4.05. The normalized spacial score (nSPS) is 10.3. The van der Waals surface area contributed by atoms with Crippen molar-refractivity contribution in [2.24, 2.45) is 0 Å². The molecule has 138 valence electrons. The lowest BCUT2D eigenvalue weighted by atomic mass is 10.1. The number of benzene rings is 2. The number of para-hydroxylation sites is 2. The fraction of sp³-hybridized carbons (Fsp3) is 0.150. The van der Waals surface area contributed by atoms with Crippen LogP contribution in [0.5, 0.6) is 5.75 Å². The minimum atomic E-state index is -0.301. The van der Waals surface area contributed by atoms with Crippen molar-refractivity contribution >= 4 is 29.1 Å². The number of ether oxygens (including phenoxy) is 1. The summed E-state index contributed by atoms with van der Waals surface area (Å²) < 4.78 is 5.23. The number of nitrogens with one attached hydrogen (secondary N) is 2. The first kappa shape index (κ1) is 18.7. The van der Waals surface area contributed by atoms with E-state index in [2.05, 4.69) is 20.6 Å². The van der Waals surface area contributed by atoms with Gasteiger partial charge in [-0.3, -0.25) is 4.79 Å². The molecule has 0 saturated heterocycles. The molecule has 0 fully saturated rings. The first-order valence-corrected chi connectivity index (χ1v) is 8.78. The Kier molecular flexibility index (Phi) is 6.22. The largest absolute Gasteiger partial charge is 0.495 e. The van der Waals surface area contributed by atoms with E-state index < -0.39 is 0 Å². The second-order valence-corrected chi connectivity index (χ2v) is 6.19. The average molecular weight is 383 g/mol. The first-order valence-electron chi connectivity index (χ1n) is 8.40. The highest BCUT2D eigenvalue weighted by Gasteiger charge is 2.10. The molecule has 1 heterocycles. The molecule has 3 rings (SSSR count). The summed E-state index contributed by atoms with van der Waals surface area (Å²) in [5.74, 6) is 0.752. The monoisotopic (exact) mass is 382 g/mol. The fourth-order valence-electron chi connectivity index (χ4n) is 2.49. The highest BCUT2D eigenvalue weighted by molar-refractivity contribution is 6.30. The summed E-state index contributed by atoms with van der Waals surface area (Å²) >= 11 is 5.97. The smallest absolute Gasteiger partial charge is 0.258 e. The predicted molar refractivity (Wildman–Crippen MR) is 107 cm³/mol. The number of anilines is 2. The van der Waals surface area contributed by atoms with Gasteiger partial charge in [-0.25, -0.2) is 9.97 Å². The van der Waals surface area contributed by atoms with Gasteiger partial charge in [0.2, 0.25) is 5.95 Å². The summed E-state index contributed by atoms with van der Waals surface area (Å²) in [7, 11) is 1.55. The van der Waals surface area contributed by atoms with Crippen molar-refractivity contribution in [2.75, 3.05) is 24.3 Å². The topological polar surface area (TPSA) is 76.1 Å². The summed E-state index contributed by atoms with van der Waals surface area (Å²) in [4.78, 5) is 20.7. The van der Waals surface area contributed by atoms with Crippen molar-refractivity contribution < 1.29 is 9.53 Å². The van der Waals surface area contributed by atoms with Crippen LogP contribution in [0.4, 0.5) is 11.6 Å². The van der Waals surface area contributed by atoms with Crippen molar-refractivity contribution in [3.05, 3.63) is 77.1 Å². The maximum absolute atomic E-state index is 12.3. The number of carbonyl (C=O) groups is 1.